The molecule has 4 heteroatoms. The van der Waals surface area contributed by atoms with Crippen LogP contribution in [0.5, 0.6) is 0 Å². The Kier molecular flexibility index (Phi) is 4.71. The molecular weight excluding hydrogens is 272 g/mol. The first-order valence-corrected chi connectivity index (χ1v) is 7.26. The van der Waals surface area contributed by atoms with Crippen LogP contribution >= 0.6 is 12.4 Å². The molecule has 0 aromatic heterocycles. The molecule has 4 atom stereocenters. The predicted octanol–water partition coefficient (Wildman–Crippen LogP) is 2.72. The molecule has 2 saturated carbocycles. The molecule has 1 amide bonds. The van der Waals surface area contributed by atoms with E-state index in [4.69, 9.17) is 5.73 Å². The number of carbonyl (C=O) groups is 1. The van der Waals surface area contributed by atoms with Crippen molar-refractivity contribution in [1.82, 2.24) is 5.32 Å². The van der Waals surface area contributed by atoms with Gasteiger partial charge in [0.25, 0.3) is 0 Å². The Morgan fingerprint density at radius 3 is 2.50 bits per heavy atom. The number of nitrogens with two attached hydrogens (primary N) is 1. The first-order chi connectivity index (χ1) is 9.13. The third-order valence-electron chi connectivity index (χ3n) is 4.78. The van der Waals surface area contributed by atoms with Gasteiger partial charge in [-0.15, -0.1) is 12.4 Å². The van der Waals surface area contributed by atoms with Gasteiger partial charge in [-0.1, -0.05) is 36.2 Å². The summed E-state index contributed by atoms with van der Waals surface area (Å²) < 4.78 is 0. The summed E-state index contributed by atoms with van der Waals surface area (Å²) >= 11 is 0. The lowest BCUT2D eigenvalue weighted by molar-refractivity contribution is -0.123. The molecule has 0 saturated heterocycles. The van der Waals surface area contributed by atoms with E-state index in [9.17, 15) is 4.79 Å². The van der Waals surface area contributed by atoms with Crippen molar-refractivity contribution in [2.24, 2.45) is 17.6 Å². The number of carbonyl (C=O) groups excluding carboxylic acids is 1. The van der Waals surface area contributed by atoms with Crippen molar-refractivity contribution in [2.45, 2.75) is 44.7 Å². The van der Waals surface area contributed by atoms with Crippen LogP contribution in [0, 0.1) is 18.8 Å². The largest absolute Gasteiger partial charge is 0.351 e. The van der Waals surface area contributed by atoms with Gasteiger partial charge in [-0.3, -0.25) is 4.79 Å². The summed E-state index contributed by atoms with van der Waals surface area (Å²) in [7, 11) is 0. The van der Waals surface area contributed by atoms with Crippen LogP contribution in [-0.2, 0) is 4.79 Å². The number of fused-ring (bicyclic) bond motifs is 2. The van der Waals surface area contributed by atoms with Crippen molar-refractivity contribution in [3.05, 3.63) is 35.4 Å². The zero-order valence-electron chi connectivity index (χ0n) is 11.8. The van der Waals surface area contributed by atoms with Crippen LogP contribution in [0.1, 0.15) is 42.9 Å². The first-order valence-electron chi connectivity index (χ1n) is 7.26. The van der Waals surface area contributed by atoms with Crippen molar-refractivity contribution >= 4 is 18.3 Å². The number of hydrogen-bond acceptors (Lipinski definition) is 2. The van der Waals surface area contributed by atoms with E-state index >= 15 is 0 Å². The quantitative estimate of drug-likeness (QED) is 0.900. The summed E-state index contributed by atoms with van der Waals surface area (Å²) in [5, 5.41) is 3.16. The number of rotatable bonds is 3. The Labute approximate surface area is 126 Å². The SMILES string of the molecule is Cc1ccc(C(N)C(=O)NC2CC3CCC2C3)cc1.Cl. The molecule has 0 spiro atoms. The van der Waals surface area contributed by atoms with Gasteiger partial charge in [0.1, 0.15) is 6.04 Å². The summed E-state index contributed by atoms with van der Waals surface area (Å²) in [5.41, 5.74) is 8.13. The molecule has 2 aliphatic rings. The Bertz CT molecular complexity index is 474. The highest BCUT2D eigenvalue weighted by molar-refractivity contribution is 5.85. The highest BCUT2D eigenvalue weighted by atomic mass is 35.5. The summed E-state index contributed by atoms with van der Waals surface area (Å²) in [6, 6.07) is 7.71. The van der Waals surface area contributed by atoms with Crippen LogP contribution in [0.2, 0.25) is 0 Å². The molecule has 2 aliphatic carbocycles. The monoisotopic (exact) mass is 294 g/mol. The van der Waals surface area contributed by atoms with Crippen molar-refractivity contribution in [3.63, 3.8) is 0 Å². The maximum Gasteiger partial charge on any atom is 0.241 e. The van der Waals surface area contributed by atoms with E-state index in [1.165, 1.54) is 24.8 Å². The highest BCUT2D eigenvalue weighted by Crippen LogP contribution is 2.44. The lowest BCUT2D eigenvalue weighted by Crippen LogP contribution is -2.43. The molecule has 1 aromatic rings. The van der Waals surface area contributed by atoms with Gasteiger partial charge in [0.15, 0.2) is 0 Å². The number of benzene rings is 1. The third-order valence-corrected chi connectivity index (χ3v) is 4.78. The number of nitrogens with one attached hydrogen (secondary N) is 1. The van der Waals surface area contributed by atoms with Crippen LogP contribution in [0.25, 0.3) is 0 Å². The lowest BCUT2D eigenvalue weighted by Gasteiger charge is -2.24. The Morgan fingerprint density at radius 1 is 1.25 bits per heavy atom. The van der Waals surface area contributed by atoms with Gasteiger partial charge in [0, 0.05) is 6.04 Å². The molecule has 0 heterocycles. The van der Waals surface area contributed by atoms with Crippen molar-refractivity contribution in [3.8, 4) is 0 Å². The fraction of sp³-hybridized carbons (Fsp3) is 0.562. The van der Waals surface area contributed by atoms with Gasteiger partial charge >= 0.3 is 0 Å². The van der Waals surface area contributed by atoms with Gasteiger partial charge < -0.3 is 11.1 Å². The highest BCUT2D eigenvalue weighted by Gasteiger charge is 2.40. The Balaban J connectivity index is 0.00000147. The van der Waals surface area contributed by atoms with Crippen LogP contribution in [0.4, 0.5) is 0 Å². The second-order valence-corrected chi connectivity index (χ2v) is 6.18. The maximum absolute atomic E-state index is 12.2. The van der Waals surface area contributed by atoms with Crippen molar-refractivity contribution in [1.29, 1.82) is 0 Å². The van der Waals surface area contributed by atoms with Gasteiger partial charge in [-0.2, -0.15) is 0 Å². The maximum atomic E-state index is 12.2. The fourth-order valence-electron chi connectivity index (χ4n) is 3.62. The standard InChI is InChI=1S/C16H22N2O.ClH/c1-10-2-5-12(6-3-10)15(17)16(19)18-14-9-11-4-7-13(14)8-11;/h2-3,5-6,11,13-15H,4,7-9,17H2,1H3,(H,18,19);1H. The zero-order chi connectivity index (χ0) is 13.4. The summed E-state index contributed by atoms with van der Waals surface area (Å²) in [6.45, 7) is 2.03. The fourth-order valence-corrected chi connectivity index (χ4v) is 3.62. The van der Waals surface area contributed by atoms with Gasteiger partial charge in [-0.25, -0.2) is 0 Å². The first kappa shape index (κ1) is 15.3. The molecule has 0 aliphatic heterocycles. The zero-order valence-corrected chi connectivity index (χ0v) is 12.7. The molecule has 0 radical (unpaired) electrons. The molecule has 2 bridgehead atoms. The van der Waals surface area contributed by atoms with E-state index in [1.807, 2.05) is 31.2 Å². The predicted molar refractivity (Wildman–Crippen MR) is 82.7 cm³/mol. The van der Waals surface area contributed by atoms with Crippen LogP contribution in [0.3, 0.4) is 0 Å². The smallest absolute Gasteiger partial charge is 0.241 e. The molecule has 3 rings (SSSR count). The molecule has 3 N–H and O–H groups in total. The summed E-state index contributed by atoms with van der Waals surface area (Å²) in [4.78, 5) is 12.2. The van der Waals surface area contributed by atoms with Gasteiger partial charge in [-0.05, 0) is 43.6 Å². The second kappa shape index (κ2) is 6.15. The average Bonchev–Trinajstić information content (AvgIpc) is 3.01. The number of amides is 1. The molecule has 20 heavy (non-hydrogen) atoms. The summed E-state index contributed by atoms with van der Waals surface area (Å²) in [6.07, 6.45) is 5.07. The molecule has 2 fully saturated rings. The van der Waals surface area contributed by atoms with Gasteiger partial charge in [0.05, 0.1) is 0 Å². The molecule has 4 unspecified atom stereocenters. The number of halogens is 1. The molecule has 1 aromatic carbocycles. The third kappa shape index (κ3) is 2.99. The number of hydrogen-bond donors (Lipinski definition) is 2. The average molecular weight is 295 g/mol. The van der Waals surface area contributed by atoms with E-state index in [0.29, 0.717) is 12.0 Å². The Morgan fingerprint density at radius 2 is 1.95 bits per heavy atom. The lowest BCUT2D eigenvalue weighted by atomic mass is 9.95. The van der Waals surface area contributed by atoms with E-state index in [0.717, 1.165) is 17.9 Å². The van der Waals surface area contributed by atoms with Gasteiger partial charge in [0.2, 0.25) is 5.91 Å². The topological polar surface area (TPSA) is 55.1 Å². The van der Waals surface area contributed by atoms with E-state index in [2.05, 4.69) is 5.32 Å². The minimum Gasteiger partial charge on any atom is -0.351 e. The van der Waals surface area contributed by atoms with Crippen molar-refractivity contribution in [2.75, 3.05) is 0 Å². The molecule has 110 valence electrons. The molecule has 3 nitrogen and oxygen atoms in total. The minimum atomic E-state index is -0.542. The molecular formula is C16H23ClN2O. The minimum absolute atomic E-state index is 0. The second-order valence-electron chi connectivity index (χ2n) is 6.18. The summed E-state index contributed by atoms with van der Waals surface area (Å²) in [5.74, 6) is 1.51. The van der Waals surface area contributed by atoms with Crippen LogP contribution < -0.4 is 11.1 Å². The normalized spacial score (nSPS) is 28.8. The van der Waals surface area contributed by atoms with Crippen molar-refractivity contribution < 1.29 is 4.79 Å². The number of aryl methyl sites for hydroxylation is 1. The van der Waals surface area contributed by atoms with E-state index < -0.39 is 6.04 Å². The van der Waals surface area contributed by atoms with Crippen LogP contribution in [0.15, 0.2) is 24.3 Å². The van der Waals surface area contributed by atoms with Crippen LogP contribution in [-0.4, -0.2) is 11.9 Å². The van der Waals surface area contributed by atoms with E-state index in [-0.39, 0.29) is 18.3 Å². The van der Waals surface area contributed by atoms with E-state index in [1.54, 1.807) is 0 Å². The Hall–Kier alpha value is -1.06.